The van der Waals surface area contributed by atoms with Gasteiger partial charge in [0.2, 0.25) is 0 Å². The Morgan fingerprint density at radius 2 is 2.00 bits per heavy atom. The van der Waals surface area contributed by atoms with Crippen molar-refractivity contribution in [3.05, 3.63) is 64.7 Å². The Morgan fingerprint density at radius 3 is 2.67 bits per heavy atom. The van der Waals surface area contributed by atoms with Crippen molar-refractivity contribution in [3.8, 4) is 5.75 Å². The van der Waals surface area contributed by atoms with Crippen LogP contribution >= 0.6 is 11.6 Å². The van der Waals surface area contributed by atoms with Crippen molar-refractivity contribution >= 4 is 34.8 Å². The summed E-state index contributed by atoms with van der Waals surface area (Å²) in [5.41, 5.74) is -0.444. The largest absolute Gasteiger partial charge is 0.495 e. The summed E-state index contributed by atoms with van der Waals surface area (Å²) >= 11 is 5.84. The molecule has 12 heteroatoms. The average molecular weight is 480 g/mol. The van der Waals surface area contributed by atoms with Gasteiger partial charge in [-0.2, -0.15) is 18.3 Å². The number of hydrogen-bond acceptors (Lipinski definition) is 5. The van der Waals surface area contributed by atoms with Gasteiger partial charge in [-0.3, -0.25) is 19.3 Å². The summed E-state index contributed by atoms with van der Waals surface area (Å²) in [5, 5.41) is 6.29. The van der Waals surface area contributed by atoms with E-state index in [2.05, 4.69) is 15.4 Å². The summed E-state index contributed by atoms with van der Waals surface area (Å²) in [4.78, 5) is 31.4. The molecule has 1 aliphatic rings. The summed E-state index contributed by atoms with van der Waals surface area (Å²) in [5.74, 6) is -0.755. The molecule has 3 aromatic rings. The molecule has 1 aromatic carbocycles. The number of benzene rings is 1. The molecule has 0 aliphatic carbocycles. The van der Waals surface area contributed by atoms with Gasteiger partial charge in [0.05, 0.1) is 53.6 Å². The number of anilines is 2. The number of carbonyl (C=O) groups excluding carboxylic acids is 2. The molecule has 0 spiro atoms. The predicted molar refractivity (Wildman–Crippen MR) is 114 cm³/mol. The summed E-state index contributed by atoms with van der Waals surface area (Å²) in [6.45, 7) is 1.91. The van der Waals surface area contributed by atoms with E-state index in [9.17, 15) is 22.8 Å². The zero-order chi connectivity index (χ0) is 23.9. The molecule has 0 bridgehead atoms. The molecule has 0 fully saturated rings. The van der Waals surface area contributed by atoms with Crippen molar-refractivity contribution in [2.75, 3.05) is 23.9 Å². The predicted octanol–water partition coefficient (Wildman–Crippen LogP) is 4.43. The molecule has 8 nitrogen and oxygen atoms in total. The number of nitrogens with zero attached hydrogens (tertiary/aromatic N) is 4. The van der Waals surface area contributed by atoms with Crippen LogP contribution in [0.5, 0.6) is 5.75 Å². The molecule has 2 aromatic heterocycles. The maximum Gasteiger partial charge on any atom is 0.417 e. The molecule has 1 aliphatic heterocycles. The standard InChI is InChI=1S/C21H17ClF3N5O3/c1-11-10-29(13-3-4-16(17(22)6-13)21(23,24)25)20(32)18-15(9-27-30(11)18)19(31)28-12-5-14(33-2)8-26-7-12/h3-9,11H,10H2,1-2H3,(H,28,31)/t11-/m0/s1. The fraction of sp³-hybridized carbons (Fsp3) is 0.238. The van der Waals surface area contributed by atoms with Gasteiger partial charge in [-0.25, -0.2) is 0 Å². The van der Waals surface area contributed by atoms with E-state index in [4.69, 9.17) is 16.3 Å². The van der Waals surface area contributed by atoms with Crippen molar-refractivity contribution in [1.29, 1.82) is 0 Å². The SMILES string of the molecule is COc1cncc(NC(=O)c2cnn3c2C(=O)N(c2ccc(C(F)(F)F)c(Cl)c2)C[C@@H]3C)c1. The fourth-order valence-electron chi connectivity index (χ4n) is 3.55. The van der Waals surface area contributed by atoms with Gasteiger partial charge in [0, 0.05) is 18.3 Å². The summed E-state index contributed by atoms with van der Waals surface area (Å²) in [6, 6.07) is 4.29. The molecule has 3 heterocycles. The number of rotatable bonds is 4. The summed E-state index contributed by atoms with van der Waals surface area (Å²) < 4.78 is 45.7. The van der Waals surface area contributed by atoms with Gasteiger partial charge in [-0.15, -0.1) is 0 Å². The fourth-order valence-corrected chi connectivity index (χ4v) is 3.83. The van der Waals surface area contributed by atoms with Crippen LogP contribution in [0.4, 0.5) is 24.5 Å². The highest BCUT2D eigenvalue weighted by Crippen LogP contribution is 2.38. The second-order valence-corrected chi connectivity index (χ2v) is 7.75. The molecular weight excluding hydrogens is 463 g/mol. The first-order valence-corrected chi connectivity index (χ1v) is 10.0. The third kappa shape index (κ3) is 4.23. The van der Waals surface area contributed by atoms with E-state index in [1.165, 1.54) is 41.3 Å². The van der Waals surface area contributed by atoms with Crippen LogP contribution in [0.1, 0.15) is 39.4 Å². The van der Waals surface area contributed by atoms with E-state index in [-0.39, 0.29) is 29.5 Å². The Morgan fingerprint density at radius 1 is 1.24 bits per heavy atom. The molecule has 2 amide bonds. The molecule has 0 saturated carbocycles. The number of alkyl halides is 3. The topological polar surface area (TPSA) is 89.3 Å². The number of carbonyl (C=O) groups is 2. The zero-order valence-corrected chi connectivity index (χ0v) is 18.1. The van der Waals surface area contributed by atoms with E-state index in [0.717, 1.165) is 12.1 Å². The zero-order valence-electron chi connectivity index (χ0n) is 17.4. The molecule has 0 radical (unpaired) electrons. The Hall–Kier alpha value is -3.60. The molecule has 0 unspecified atom stereocenters. The molecule has 1 N–H and O–H groups in total. The van der Waals surface area contributed by atoms with Crippen molar-refractivity contribution < 1.29 is 27.5 Å². The van der Waals surface area contributed by atoms with Crippen LogP contribution in [0.15, 0.2) is 42.9 Å². The Balaban J connectivity index is 1.66. The quantitative estimate of drug-likeness (QED) is 0.598. The van der Waals surface area contributed by atoms with Gasteiger partial charge in [0.25, 0.3) is 11.8 Å². The Labute approximate surface area is 190 Å². The number of aromatic nitrogens is 3. The van der Waals surface area contributed by atoms with Gasteiger partial charge in [-0.05, 0) is 25.1 Å². The number of pyridine rings is 1. The first-order valence-electron chi connectivity index (χ1n) is 9.66. The number of ether oxygens (including phenoxy) is 1. The highest BCUT2D eigenvalue weighted by Gasteiger charge is 2.37. The minimum absolute atomic E-state index is 0.0115. The van der Waals surface area contributed by atoms with Crippen LogP contribution in [-0.4, -0.2) is 40.2 Å². The van der Waals surface area contributed by atoms with Crippen LogP contribution in [0.25, 0.3) is 0 Å². The smallest absolute Gasteiger partial charge is 0.417 e. The van der Waals surface area contributed by atoms with E-state index >= 15 is 0 Å². The van der Waals surface area contributed by atoms with Crippen LogP contribution < -0.4 is 15.0 Å². The third-order valence-electron chi connectivity index (χ3n) is 5.13. The molecule has 4 rings (SSSR count). The lowest BCUT2D eigenvalue weighted by Gasteiger charge is -2.32. The first kappa shape index (κ1) is 22.6. The van der Waals surface area contributed by atoms with Crippen LogP contribution in [0, 0.1) is 0 Å². The number of nitrogens with one attached hydrogen (secondary N) is 1. The molecular formula is C21H17ClF3N5O3. The van der Waals surface area contributed by atoms with Crippen molar-refractivity contribution in [3.63, 3.8) is 0 Å². The second kappa shape index (κ2) is 8.39. The molecule has 33 heavy (non-hydrogen) atoms. The van der Waals surface area contributed by atoms with Crippen LogP contribution in [0.3, 0.4) is 0 Å². The average Bonchev–Trinajstić information content (AvgIpc) is 3.22. The van der Waals surface area contributed by atoms with E-state index in [1.54, 1.807) is 13.0 Å². The highest BCUT2D eigenvalue weighted by molar-refractivity contribution is 6.32. The van der Waals surface area contributed by atoms with Crippen molar-refractivity contribution in [2.45, 2.75) is 19.1 Å². The van der Waals surface area contributed by atoms with Gasteiger partial charge in [-0.1, -0.05) is 11.6 Å². The lowest BCUT2D eigenvalue weighted by Crippen LogP contribution is -2.43. The summed E-state index contributed by atoms with van der Waals surface area (Å²) in [7, 11) is 1.46. The molecule has 1 atom stereocenters. The number of amides is 2. The minimum atomic E-state index is -4.62. The van der Waals surface area contributed by atoms with E-state index in [1.807, 2.05) is 0 Å². The molecule has 172 valence electrons. The van der Waals surface area contributed by atoms with Gasteiger partial charge < -0.3 is 15.0 Å². The lowest BCUT2D eigenvalue weighted by atomic mass is 10.1. The maximum absolute atomic E-state index is 13.3. The van der Waals surface area contributed by atoms with Gasteiger partial charge >= 0.3 is 6.18 Å². The van der Waals surface area contributed by atoms with Gasteiger partial charge in [0.1, 0.15) is 11.4 Å². The van der Waals surface area contributed by atoms with Crippen LogP contribution in [-0.2, 0) is 6.18 Å². The second-order valence-electron chi connectivity index (χ2n) is 7.35. The highest BCUT2D eigenvalue weighted by atomic mass is 35.5. The Kier molecular flexibility index (Phi) is 5.75. The first-order chi connectivity index (χ1) is 15.6. The monoisotopic (exact) mass is 479 g/mol. The number of halogens is 4. The van der Waals surface area contributed by atoms with Crippen LogP contribution in [0.2, 0.25) is 5.02 Å². The number of fused-ring (bicyclic) bond motifs is 1. The van der Waals surface area contributed by atoms with Crippen molar-refractivity contribution in [2.24, 2.45) is 0 Å². The third-order valence-corrected chi connectivity index (χ3v) is 5.44. The van der Waals surface area contributed by atoms with E-state index < -0.39 is 28.6 Å². The molecule has 0 saturated heterocycles. The Bertz CT molecular complexity index is 1240. The normalized spacial score (nSPS) is 15.9. The lowest BCUT2D eigenvalue weighted by molar-refractivity contribution is -0.137. The van der Waals surface area contributed by atoms with Crippen molar-refractivity contribution in [1.82, 2.24) is 14.8 Å². The number of methoxy groups -OCH3 is 1. The van der Waals surface area contributed by atoms with E-state index in [0.29, 0.717) is 11.4 Å². The number of hydrogen-bond donors (Lipinski definition) is 1. The van der Waals surface area contributed by atoms with Gasteiger partial charge in [0.15, 0.2) is 0 Å². The summed E-state index contributed by atoms with van der Waals surface area (Å²) in [6.07, 6.45) is -0.462. The minimum Gasteiger partial charge on any atom is -0.495 e. The maximum atomic E-state index is 13.3.